The smallest absolute Gasteiger partial charge is 0.262 e. The molecular formula is C20H22N2OS. The number of thiophene rings is 1. The lowest BCUT2D eigenvalue weighted by Gasteiger charge is -2.17. The Bertz CT molecular complexity index is 811. The van der Waals surface area contributed by atoms with E-state index in [0.717, 1.165) is 28.0 Å². The van der Waals surface area contributed by atoms with Crippen LogP contribution >= 0.6 is 11.3 Å². The van der Waals surface area contributed by atoms with Gasteiger partial charge < -0.3 is 5.32 Å². The predicted octanol–water partition coefficient (Wildman–Crippen LogP) is 4.71. The van der Waals surface area contributed by atoms with Crippen LogP contribution < -0.4 is 5.32 Å². The van der Waals surface area contributed by atoms with E-state index < -0.39 is 0 Å². The molecule has 0 saturated heterocycles. The van der Waals surface area contributed by atoms with E-state index in [4.69, 9.17) is 0 Å². The Hall–Kier alpha value is -2.38. The molecule has 0 spiro atoms. The maximum absolute atomic E-state index is 12.4. The van der Waals surface area contributed by atoms with Crippen LogP contribution in [0.3, 0.4) is 0 Å². The summed E-state index contributed by atoms with van der Waals surface area (Å²) in [5, 5.41) is 12.3. The zero-order valence-electron chi connectivity index (χ0n) is 14.5. The van der Waals surface area contributed by atoms with Crippen LogP contribution in [0.25, 0.3) is 6.08 Å². The van der Waals surface area contributed by atoms with Gasteiger partial charge in [0.15, 0.2) is 0 Å². The van der Waals surface area contributed by atoms with Crippen molar-refractivity contribution in [2.24, 2.45) is 0 Å². The third-order valence-corrected chi connectivity index (χ3v) is 5.11. The van der Waals surface area contributed by atoms with Crippen LogP contribution in [0.5, 0.6) is 0 Å². The Morgan fingerprint density at radius 3 is 2.71 bits per heavy atom. The topological polar surface area (TPSA) is 52.9 Å². The lowest BCUT2D eigenvalue weighted by Crippen LogP contribution is -2.28. The lowest BCUT2D eigenvalue weighted by atomic mass is 10.00. The Balaban J connectivity index is 2.17. The zero-order valence-corrected chi connectivity index (χ0v) is 15.3. The van der Waals surface area contributed by atoms with E-state index in [0.29, 0.717) is 0 Å². The second kappa shape index (κ2) is 7.94. The third-order valence-electron chi connectivity index (χ3n) is 3.93. The number of nitrogens with one attached hydrogen (secondary N) is 1. The summed E-state index contributed by atoms with van der Waals surface area (Å²) < 4.78 is 0. The number of carbonyl (C=O) groups is 1. The van der Waals surface area contributed by atoms with Crippen LogP contribution in [0.2, 0.25) is 0 Å². The summed E-state index contributed by atoms with van der Waals surface area (Å²) in [5.74, 6) is -0.336. The first-order valence-corrected chi connectivity index (χ1v) is 8.84. The summed E-state index contributed by atoms with van der Waals surface area (Å²) >= 11 is 1.61. The van der Waals surface area contributed by atoms with Crippen molar-refractivity contribution in [3.8, 4) is 6.07 Å². The quantitative estimate of drug-likeness (QED) is 0.634. The summed E-state index contributed by atoms with van der Waals surface area (Å²) in [4.78, 5) is 14.6. The van der Waals surface area contributed by atoms with Crippen molar-refractivity contribution in [2.75, 3.05) is 0 Å². The highest BCUT2D eigenvalue weighted by Gasteiger charge is 2.15. The number of rotatable bonds is 5. The minimum absolute atomic E-state index is 0.136. The van der Waals surface area contributed by atoms with Gasteiger partial charge in [0.05, 0.1) is 6.04 Å². The van der Waals surface area contributed by atoms with E-state index in [9.17, 15) is 10.1 Å². The average molecular weight is 338 g/mol. The first kappa shape index (κ1) is 18.0. The Morgan fingerprint density at radius 2 is 2.08 bits per heavy atom. The van der Waals surface area contributed by atoms with Gasteiger partial charge in [0.1, 0.15) is 11.6 Å². The molecule has 0 aliphatic heterocycles. The van der Waals surface area contributed by atoms with Gasteiger partial charge in [0, 0.05) is 9.75 Å². The normalized spacial score (nSPS) is 12.5. The number of aryl methyl sites for hydroxylation is 3. The van der Waals surface area contributed by atoms with Crippen molar-refractivity contribution >= 4 is 23.3 Å². The number of hydrogen-bond donors (Lipinski definition) is 1. The summed E-state index contributed by atoms with van der Waals surface area (Å²) in [5.41, 5.74) is 3.49. The molecule has 1 heterocycles. The molecule has 2 aromatic rings. The van der Waals surface area contributed by atoms with Crippen molar-refractivity contribution in [2.45, 2.75) is 40.2 Å². The minimum atomic E-state index is -0.336. The molecule has 124 valence electrons. The minimum Gasteiger partial charge on any atom is -0.345 e. The molecule has 1 aromatic carbocycles. The standard InChI is InChI=1S/C20H22N2OS/c1-5-17-8-9-18(24-17)11-16(12-21)20(23)22-15(4)19-10-13(2)6-7-14(19)3/h6-11,15H,5H2,1-4H3,(H,22,23). The molecule has 3 nitrogen and oxygen atoms in total. The maximum Gasteiger partial charge on any atom is 0.262 e. The molecule has 1 unspecified atom stereocenters. The van der Waals surface area contributed by atoms with Crippen LogP contribution in [0, 0.1) is 25.2 Å². The molecule has 1 amide bonds. The fourth-order valence-corrected chi connectivity index (χ4v) is 3.43. The van der Waals surface area contributed by atoms with Gasteiger partial charge >= 0.3 is 0 Å². The van der Waals surface area contributed by atoms with Crippen molar-refractivity contribution in [1.29, 1.82) is 5.26 Å². The average Bonchev–Trinajstić information content (AvgIpc) is 3.02. The first-order chi connectivity index (χ1) is 11.4. The molecule has 24 heavy (non-hydrogen) atoms. The van der Waals surface area contributed by atoms with Crippen molar-refractivity contribution in [3.63, 3.8) is 0 Å². The third kappa shape index (κ3) is 4.33. The van der Waals surface area contributed by atoms with E-state index in [-0.39, 0.29) is 17.5 Å². The SMILES string of the molecule is CCc1ccc(C=C(C#N)C(=O)NC(C)c2cc(C)ccc2C)s1. The van der Waals surface area contributed by atoms with Gasteiger partial charge in [-0.1, -0.05) is 30.7 Å². The van der Waals surface area contributed by atoms with E-state index in [1.807, 2.05) is 45.0 Å². The monoisotopic (exact) mass is 338 g/mol. The highest BCUT2D eigenvalue weighted by Crippen LogP contribution is 2.21. The molecular weight excluding hydrogens is 316 g/mol. The number of hydrogen-bond acceptors (Lipinski definition) is 3. The molecule has 2 rings (SSSR count). The largest absolute Gasteiger partial charge is 0.345 e. The summed E-state index contributed by atoms with van der Waals surface area (Å²) in [7, 11) is 0. The van der Waals surface area contributed by atoms with Gasteiger partial charge in [-0.2, -0.15) is 5.26 Å². The van der Waals surface area contributed by atoms with Gasteiger partial charge in [-0.05, 0) is 56.5 Å². The molecule has 0 radical (unpaired) electrons. The summed E-state index contributed by atoms with van der Waals surface area (Å²) in [6.07, 6.45) is 2.62. The Labute approximate surface area is 147 Å². The van der Waals surface area contributed by atoms with Crippen molar-refractivity contribution in [1.82, 2.24) is 5.32 Å². The molecule has 0 aliphatic rings. The second-order valence-corrected chi connectivity index (χ2v) is 7.08. The van der Waals surface area contributed by atoms with E-state index in [2.05, 4.69) is 24.4 Å². The number of carbonyl (C=O) groups excluding carboxylic acids is 1. The van der Waals surface area contributed by atoms with Gasteiger partial charge in [-0.25, -0.2) is 0 Å². The fraction of sp³-hybridized carbons (Fsp3) is 0.300. The molecule has 0 aliphatic carbocycles. The maximum atomic E-state index is 12.4. The van der Waals surface area contributed by atoms with Gasteiger partial charge in [0.25, 0.3) is 5.91 Å². The van der Waals surface area contributed by atoms with Crippen LogP contribution in [-0.2, 0) is 11.2 Å². The number of amides is 1. The van der Waals surface area contributed by atoms with Crippen molar-refractivity contribution < 1.29 is 4.79 Å². The summed E-state index contributed by atoms with van der Waals surface area (Å²) in [6, 6.07) is 12.0. The molecule has 0 saturated carbocycles. The first-order valence-electron chi connectivity index (χ1n) is 8.03. The molecule has 0 bridgehead atoms. The van der Waals surface area contributed by atoms with E-state index in [1.165, 1.54) is 4.88 Å². The van der Waals surface area contributed by atoms with Gasteiger partial charge in [-0.3, -0.25) is 4.79 Å². The Morgan fingerprint density at radius 1 is 1.33 bits per heavy atom. The number of nitriles is 1. The molecule has 0 fully saturated rings. The second-order valence-electron chi connectivity index (χ2n) is 5.88. The molecule has 1 N–H and O–H groups in total. The van der Waals surface area contributed by atoms with Crippen LogP contribution in [0.1, 0.15) is 46.3 Å². The number of nitrogens with zero attached hydrogens (tertiary/aromatic N) is 1. The van der Waals surface area contributed by atoms with Crippen LogP contribution in [0.15, 0.2) is 35.9 Å². The van der Waals surface area contributed by atoms with Gasteiger partial charge in [-0.15, -0.1) is 11.3 Å². The summed E-state index contributed by atoms with van der Waals surface area (Å²) in [6.45, 7) is 8.08. The highest BCUT2D eigenvalue weighted by atomic mass is 32.1. The van der Waals surface area contributed by atoms with E-state index in [1.54, 1.807) is 17.4 Å². The number of benzene rings is 1. The lowest BCUT2D eigenvalue weighted by molar-refractivity contribution is -0.117. The van der Waals surface area contributed by atoms with Crippen LogP contribution in [0.4, 0.5) is 0 Å². The van der Waals surface area contributed by atoms with E-state index >= 15 is 0 Å². The molecule has 1 atom stereocenters. The molecule has 4 heteroatoms. The highest BCUT2D eigenvalue weighted by molar-refractivity contribution is 7.12. The fourth-order valence-electron chi connectivity index (χ4n) is 2.53. The van der Waals surface area contributed by atoms with Crippen molar-refractivity contribution in [3.05, 3.63) is 62.3 Å². The van der Waals surface area contributed by atoms with Gasteiger partial charge in [0.2, 0.25) is 0 Å². The molecule has 1 aromatic heterocycles. The predicted molar refractivity (Wildman–Crippen MR) is 99.8 cm³/mol. The zero-order chi connectivity index (χ0) is 17.7. The van der Waals surface area contributed by atoms with Crippen LogP contribution in [-0.4, -0.2) is 5.91 Å². The Kier molecular flexibility index (Phi) is 5.94.